The van der Waals surface area contributed by atoms with Crippen LogP contribution in [-0.2, 0) is 11.2 Å². The third kappa shape index (κ3) is 6.28. The molecule has 0 saturated carbocycles. The maximum absolute atomic E-state index is 12.2. The topological polar surface area (TPSA) is 50.4 Å². The van der Waals surface area contributed by atoms with Crippen LogP contribution >= 0.6 is 0 Å². The summed E-state index contributed by atoms with van der Waals surface area (Å²) in [5, 5.41) is 6.10. The summed E-state index contributed by atoms with van der Waals surface area (Å²) in [6, 6.07) is 27.3. The highest BCUT2D eigenvalue weighted by Gasteiger charge is 2.08. The molecule has 27 heavy (non-hydrogen) atoms. The minimum atomic E-state index is -0.0844. The van der Waals surface area contributed by atoms with Gasteiger partial charge < -0.3 is 15.4 Å². The number of ether oxygens (including phenoxy) is 1. The van der Waals surface area contributed by atoms with E-state index in [1.54, 1.807) is 0 Å². The van der Waals surface area contributed by atoms with Crippen molar-refractivity contribution in [2.45, 2.75) is 12.8 Å². The molecule has 0 saturated heterocycles. The summed E-state index contributed by atoms with van der Waals surface area (Å²) in [6.07, 6.45) is 1.99. The van der Waals surface area contributed by atoms with Gasteiger partial charge in [-0.2, -0.15) is 0 Å². The highest BCUT2D eigenvalue weighted by molar-refractivity contribution is 5.93. The first-order valence-corrected chi connectivity index (χ1v) is 9.18. The second kappa shape index (κ2) is 10.1. The average molecular weight is 360 g/mol. The molecule has 0 spiro atoms. The van der Waals surface area contributed by atoms with Gasteiger partial charge in [0, 0.05) is 0 Å². The number of para-hydroxylation sites is 3. The molecule has 0 aliphatic rings. The molecular weight excluding hydrogens is 336 g/mol. The van der Waals surface area contributed by atoms with Crippen molar-refractivity contribution in [1.82, 2.24) is 5.32 Å². The fourth-order valence-electron chi connectivity index (χ4n) is 2.73. The van der Waals surface area contributed by atoms with Crippen LogP contribution in [0.1, 0.15) is 12.0 Å². The van der Waals surface area contributed by atoms with Gasteiger partial charge in [-0.25, -0.2) is 0 Å². The number of carbonyl (C=O) groups is 1. The molecule has 0 fully saturated rings. The molecule has 2 N–H and O–H groups in total. The van der Waals surface area contributed by atoms with Gasteiger partial charge in [-0.3, -0.25) is 4.79 Å². The van der Waals surface area contributed by atoms with E-state index in [0.717, 1.165) is 25.1 Å². The van der Waals surface area contributed by atoms with E-state index in [1.165, 1.54) is 5.56 Å². The summed E-state index contributed by atoms with van der Waals surface area (Å²) in [5.41, 5.74) is 1.98. The van der Waals surface area contributed by atoms with Crippen LogP contribution in [0.15, 0.2) is 84.9 Å². The number of carbonyl (C=O) groups excluding carboxylic acids is 1. The van der Waals surface area contributed by atoms with Crippen molar-refractivity contribution in [3.05, 3.63) is 90.5 Å². The number of benzene rings is 3. The molecule has 3 aromatic carbocycles. The van der Waals surface area contributed by atoms with E-state index in [1.807, 2.05) is 72.8 Å². The molecule has 4 heteroatoms. The molecule has 3 aromatic rings. The Labute approximate surface area is 160 Å². The number of amides is 1. The Morgan fingerprint density at radius 2 is 1.48 bits per heavy atom. The third-order valence-electron chi connectivity index (χ3n) is 4.08. The average Bonchev–Trinajstić information content (AvgIpc) is 2.71. The second-order valence-electron chi connectivity index (χ2n) is 6.23. The van der Waals surface area contributed by atoms with E-state index in [9.17, 15) is 4.79 Å². The summed E-state index contributed by atoms with van der Waals surface area (Å²) < 4.78 is 5.87. The van der Waals surface area contributed by atoms with Crippen molar-refractivity contribution in [3.8, 4) is 11.5 Å². The van der Waals surface area contributed by atoms with E-state index in [0.29, 0.717) is 11.4 Å². The van der Waals surface area contributed by atoms with Crippen LogP contribution in [0, 0.1) is 0 Å². The number of aryl methyl sites for hydroxylation is 1. The summed E-state index contributed by atoms with van der Waals surface area (Å²) >= 11 is 0. The molecule has 1 amide bonds. The quantitative estimate of drug-likeness (QED) is 0.547. The summed E-state index contributed by atoms with van der Waals surface area (Å²) in [4.78, 5) is 12.2. The predicted molar refractivity (Wildman–Crippen MR) is 109 cm³/mol. The van der Waals surface area contributed by atoms with Gasteiger partial charge in [0.15, 0.2) is 5.75 Å². The van der Waals surface area contributed by atoms with Gasteiger partial charge in [0.1, 0.15) is 5.75 Å². The summed E-state index contributed by atoms with van der Waals surface area (Å²) in [7, 11) is 0. The smallest absolute Gasteiger partial charge is 0.238 e. The number of hydrogen-bond acceptors (Lipinski definition) is 3. The molecule has 3 rings (SSSR count). The van der Waals surface area contributed by atoms with E-state index >= 15 is 0 Å². The van der Waals surface area contributed by atoms with Crippen molar-refractivity contribution in [1.29, 1.82) is 0 Å². The zero-order valence-electron chi connectivity index (χ0n) is 15.2. The fourth-order valence-corrected chi connectivity index (χ4v) is 2.73. The highest BCUT2D eigenvalue weighted by atomic mass is 16.5. The highest BCUT2D eigenvalue weighted by Crippen LogP contribution is 2.28. The molecule has 0 atom stereocenters. The molecule has 4 nitrogen and oxygen atoms in total. The van der Waals surface area contributed by atoms with Crippen molar-refractivity contribution in [2.24, 2.45) is 0 Å². The van der Waals surface area contributed by atoms with Gasteiger partial charge in [-0.15, -0.1) is 0 Å². The zero-order chi connectivity index (χ0) is 18.7. The molecular formula is C23H24N2O2. The Kier molecular flexibility index (Phi) is 7.01. The van der Waals surface area contributed by atoms with Crippen LogP contribution in [0.25, 0.3) is 0 Å². The Balaban J connectivity index is 1.44. The first kappa shape index (κ1) is 18.7. The van der Waals surface area contributed by atoms with Crippen LogP contribution in [0.4, 0.5) is 5.69 Å². The molecule has 0 aromatic heterocycles. The van der Waals surface area contributed by atoms with Gasteiger partial charge in [0.2, 0.25) is 5.91 Å². The largest absolute Gasteiger partial charge is 0.455 e. The fraction of sp³-hybridized carbons (Fsp3) is 0.174. The molecule has 0 aliphatic carbocycles. The number of rotatable bonds is 9. The standard InChI is InChI=1S/C23H24N2O2/c26-23(18-24-17-9-12-19-10-3-1-4-11-19)25-21-15-7-8-16-22(21)27-20-13-5-2-6-14-20/h1-8,10-11,13-16,24H,9,12,17-18H2,(H,25,26). The van der Waals surface area contributed by atoms with Crippen LogP contribution < -0.4 is 15.4 Å². The predicted octanol–water partition coefficient (Wildman–Crippen LogP) is 4.64. The lowest BCUT2D eigenvalue weighted by Crippen LogP contribution is -2.29. The second-order valence-corrected chi connectivity index (χ2v) is 6.23. The van der Waals surface area contributed by atoms with Gasteiger partial charge in [0.25, 0.3) is 0 Å². The van der Waals surface area contributed by atoms with Crippen LogP contribution in [0.2, 0.25) is 0 Å². The number of nitrogens with one attached hydrogen (secondary N) is 2. The molecule has 138 valence electrons. The normalized spacial score (nSPS) is 10.4. The van der Waals surface area contributed by atoms with Gasteiger partial charge in [0.05, 0.1) is 12.2 Å². The van der Waals surface area contributed by atoms with Crippen LogP contribution in [0.3, 0.4) is 0 Å². The molecule has 0 radical (unpaired) electrons. The maximum Gasteiger partial charge on any atom is 0.238 e. The molecule has 0 bridgehead atoms. The van der Waals surface area contributed by atoms with Crippen molar-refractivity contribution < 1.29 is 9.53 Å². The minimum Gasteiger partial charge on any atom is -0.455 e. The number of anilines is 1. The summed E-state index contributed by atoms with van der Waals surface area (Å²) in [6.45, 7) is 1.07. The molecule has 0 unspecified atom stereocenters. The van der Waals surface area contributed by atoms with Crippen LogP contribution in [-0.4, -0.2) is 19.0 Å². The Bertz CT molecular complexity index is 835. The van der Waals surface area contributed by atoms with Crippen molar-refractivity contribution in [2.75, 3.05) is 18.4 Å². The Morgan fingerprint density at radius 3 is 2.26 bits per heavy atom. The first-order valence-electron chi connectivity index (χ1n) is 9.18. The lowest BCUT2D eigenvalue weighted by molar-refractivity contribution is -0.115. The maximum atomic E-state index is 12.2. The minimum absolute atomic E-state index is 0.0844. The lowest BCUT2D eigenvalue weighted by atomic mass is 10.1. The Morgan fingerprint density at radius 1 is 0.815 bits per heavy atom. The number of hydrogen-bond donors (Lipinski definition) is 2. The van der Waals surface area contributed by atoms with E-state index in [2.05, 4.69) is 22.8 Å². The SMILES string of the molecule is O=C(CNCCCc1ccccc1)Nc1ccccc1Oc1ccccc1. The molecule has 0 aliphatic heterocycles. The van der Waals surface area contributed by atoms with E-state index < -0.39 is 0 Å². The van der Waals surface area contributed by atoms with E-state index in [4.69, 9.17) is 4.74 Å². The first-order chi connectivity index (χ1) is 13.3. The zero-order valence-corrected chi connectivity index (χ0v) is 15.2. The van der Waals surface area contributed by atoms with Gasteiger partial charge >= 0.3 is 0 Å². The van der Waals surface area contributed by atoms with Gasteiger partial charge in [-0.1, -0.05) is 60.7 Å². The third-order valence-corrected chi connectivity index (χ3v) is 4.08. The summed E-state index contributed by atoms with van der Waals surface area (Å²) in [5.74, 6) is 1.28. The lowest BCUT2D eigenvalue weighted by Gasteiger charge is -2.12. The van der Waals surface area contributed by atoms with E-state index in [-0.39, 0.29) is 12.5 Å². The van der Waals surface area contributed by atoms with Crippen molar-refractivity contribution in [3.63, 3.8) is 0 Å². The van der Waals surface area contributed by atoms with Gasteiger partial charge in [-0.05, 0) is 49.2 Å². The Hall–Kier alpha value is -3.11. The van der Waals surface area contributed by atoms with Crippen molar-refractivity contribution >= 4 is 11.6 Å². The monoisotopic (exact) mass is 360 g/mol. The van der Waals surface area contributed by atoms with Crippen LogP contribution in [0.5, 0.6) is 11.5 Å². The molecule has 0 heterocycles.